The van der Waals surface area contributed by atoms with Gasteiger partial charge in [-0.05, 0) is 70.5 Å². The standard InChI is InChI=1S/C27H32N4O2/c1-27(2,3)30-26(33)19-11-13-31(14-12-19)17-18-7-6-9-21(15-18)24-22(25(28)32)16-20-8-4-5-10-23(20)29-24/h4-10,15-16,19H,11-14,17H2,1-3H3,(H2,28,32)(H,30,33). The zero-order valence-electron chi connectivity index (χ0n) is 19.6. The number of pyridine rings is 1. The quantitative estimate of drug-likeness (QED) is 0.619. The summed E-state index contributed by atoms with van der Waals surface area (Å²) in [6.45, 7) is 8.60. The number of likely N-dealkylation sites (tertiary alicyclic amines) is 1. The van der Waals surface area contributed by atoms with Gasteiger partial charge in [-0.15, -0.1) is 0 Å². The fourth-order valence-corrected chi connectivity index (χ4v) is 4.42. The summed E-state index contributed by atoms with van der Waals surface area (Å²) in [6.07, 6.45) is 1.72. The summed E-state index contributed by atoms with van der Waals surface area (Å²) in [7, 11) is 0. The van der Waals surface area contributed by atoms with E-state index in [0.29, 0.717) is 11.3 Å². The molecule has 2 heterocycles. The topological polar surface area (TPSA) is 88.3 Å². The molecule has 33 heavy (non-hydrogen) atoms. The fourth-order valence-electron chi connectivity index (χ4n) is 4.42. The first-order chi connectivity index (χ1) is 15.7. The number of para-hydroxylation sites is 1. The number of piperidine rings is 1. The first-order valence-electron chi connectivity index (χ1n) is 11.5. The van der Waals surface area contributed by atoms with E-state index in [1.807, 2.05) is 63.2 Å². The number of nitrogens with two attached hydrogens (primary N) is 1. The van der Waals surface area contributed by atoms with E-state index in [-0.39, 0.29) is 17.4 Å². The maximum Gasteiger partial charge on any atom is 0.250 e. The lowest BCUT2D eigenvalue weighted by Crippen LogP contribution is -2.46. The molecule has 0 bridgehead atoms. The summed E-state index contributed by atoms with van der Waals surface area (Å²) >= 11 is 0. The minimum atomic E-state index is -0.482. The number of nitrogens with one attached hydrogen (secondary N) is 1. The third-order valence-electron chi connectivity index (χ3n) is 6.05. The van der Waals surface area contributed by atoms with Crippen LogP contribution in [0.15, 0.2) is 54.6 Å². The van der Waals surface area contributed by atoms with Gasteiger partial charge in [0, 0.05) is 29.0 Å². The monoisotopic (exact) mass is 444 g/mol. The molecule has 172 valence electrons. The summed E-state index contributed by atoms with van der Waals surface area (Å²) in [5, 5.41) is 4.00. The van der Waals surface area contributed by atoms with E-state index in [1.54, 1.807) is 0 Å². The molecule has 4 rings (SSSR count). The van der Waals surface area contributed by atoms with Crippen molar-refractivity contribution in [1.29, 1.82) is 0 Å². The number of hydrogen-bond donors (Lipinski definition) is 2. The van der Waals surface area contributed by atoms with E-state index < -0.39 is 5.91 Å². The third-order valence-corrected chi connectivity index (χ3v) is 6.05. The molecule has 1 aromatic heterocycles. The summed E-state index contributed by atoms with van der Waals surface area (Å²) < 4.78 is 0. The predicted molar refractivity (Wildman–Crippen MR) is 132 cm³/mol. The van der Waals surface area contributed by atoms with Crippen LogP contribution in [0.5, 0.6) is 0 Å². The maximum absolute atomic E-state index is 12.5. The Morgan fingerprint density at radius 1 is 1.06 bits per heavy atom. The third kappa shape index (κ3) is 5.57. The van der Waals surface area contributed by atoms with Gasteiger partial charge in [-0.2, -0.15) is 0 Å². The first-order valence-corrected chi connectivity index (χ1v) is 11.5. The van der Waals surface area contributed by atoms with E-state index in [4.69, 9.17) is 10.7 Å². The molecule has 0 atom stereocenters. The average Bonchev–Trinajstić information content (AvgIpc) is 2.77. The number of benzene rings is 2. The number of carbonyl (C=O) groups is 2. The van der Waals surface area contributed by atoms with Crippen molar-refractivity contribution in [2.45, 2.75) is 45.7 Å². The lowest BCUT2D eigenvalue weighted by atomic mass is 9.94. The molecule has 0 spiro atoms. The summed E-state index contributed by atoms with van der Waals surface area (Å²) in [4.78, 5) is 31.8. The number of aromatic nitrogens is 1. The summed E-state index contributed by atoms with van der Waals surface area (Å²) in [5.74, 6) is -0.249. The van der Waals surface area contributed by atoms with E-state index in [0.717, 1.165) is 54.5 Å². The van der Waals surface area contributed by atoms with E-state index >= 15 is 0 Å². The molecule has 6 nitrogen and oxygen atoms in total. The Hall–Kier alpha value is -3.25. The van der Waals surface area contributed by atoms with Crippen molar-refractivity contribution in [2.24, 2.45) is 11.7 Å². The Balaban J connectivity index is 1.49. The van der Waals surface area contributed by atoms with Crippen molar-refractivity contribution in [3.8, 4) is 11.3 Å². The van der Waals surface area contributed by atoms with Crippen LogP contribution in [0, 0.1) is 5.92 Å². The predicted octanol–water partition coefficient (Wildman–Crippen LogP) is 4.13. The normalized spacial score (nSPS) is 15.5. The lowest BCUT2D eigenvalue weighted by molar-refractivity contribution is -0.127. The van der Waals surface area contributed by atoms with Crippen LogP contribution in [0.3, 0.4) is 0 Å². The minimum Gasteiger partial charge on any atom is -0.366 e. The van der Waals surface area contributed by atoms with Crippen LogP contribution >= 0.6 is 0 Å². The van der Waals surface area contributed by atoms with Crippen molar-refractivity contribution >= 4 is 22.7 Å². The number of primary amides is 1. The molecular formula is C27H32N4O2. The van der Waals surface area contributed by atoms with Gasteiger partial charge in [-0.3, -0.25) is 14.5 Å². The highest BCUT2D eigenvalue weighted by Gasteiger charge is 2.27. The van der Waals surface area contributed by atoms with Crippen molar-refractivity contribution in [2.75, 3.05) is 13.1 Å². The highest BCUT2D eigenvalue weighted by Crippen LogP contribution is 2.27. The van der Waals surface area contributed by atoms with Crippen molar-refractivity contribution in [3.63, 3.8) is 0 Å². The largest absolute Gasteiger partial charge is 0.366 e. The van der Waals surface area contributed by atoms with Gasteiger partial charge in [-0.1, -0.05) is 36.4 Å². The van der Waals surface area contributed by atoms with Gasteiger partial charge in [0.05, 0.1) is 16.8 Å². The second-order valence-electron chi connectivity index (χ2n) is 9.93. The van der Waals surface area contributed by atoms with Crippen LogP contribution in [-0.4, -0.2) is 40.3 Å². The summed E-state index contributed by atoms with van der Waals surface area (Å²) in [5.41, 5.74) is 9.39. The Labute approximate surface area is 195 Å². The van der Waals surface area contributed by atoms with Crippen LogP contribution in [0.2, 0.25) is 0 Å². The van der Waals surface area contributed by atoms with E-state index in [9.17, 15) is 9.59 Å². The molecular weight excluding hydrogens is 412 g/mol. The van der Waals surface area contributed by atoms with Crippen LogP contribution in [0.1, 0.15) is 49.5 Å². The number of carbonyl (C=O) groups excluding carboxylic acids is 2. The van der Waals surface area contributed by atoms with E-state index in [2.05, 4.69) is 22.3 Å². The second-order valence-corrected chi connectivity index (χ2v) is 9.93. The molecule has 1 aliphatic rings. The van der Waals surface area contributed by atoms with Crippen molar-refractivity contribution in [1.82, 2.24) is 15.2 Å². The number of nitrogens with zero attached hydrogens (tertiary/aromatic N) is 2. The van der Waals surface area contributed by atoms with Gasteiger partial charge in [0.1, 0.15) is 0 Å². The number of amides is 2. The zero-order chi connectivity index (χ0) is 23.6. The number of fused-ring (bicyclic) bond motifs is 1. The van der Waals surface area contributed by atoms with Crippen LogP contribution < -0.4 is 11.1 Å². The molecule has 0 aliphatic carbocycles. The fraction of sp³-hybridized carbons (Fsp3) is 0.370. The molecule has 2 aromatic carbocycles. The van der Waals surface area contributed by atoms with Gasteiger partial charge in [-0.25, -0.2) is 4.98 Å². The Bertz CT molecular complexity index is 1170. The molecule has 0 radical (unpaired) electrons. The molecule has 1 aliphatic heterocycles. The number of rotatable bonds is 5. The molecule has 1 fully saturated rings. The smallest absolute Gasteiger partial charge is 0.250 e. The first kappa shape index (κ1) is 22.9. The van der Waals surface area contributed by atoms with Crippen LogP contribution in [0.25, 0.3) is 22.2 Å². The maximum atomic E-state index is 12.5. The molecule has 3 N–H and O–H groups in total. The van der Waals surface area contributed by atoms with Gasteiger partial charge in [0.15, 0.2) is 0 Å². The average molecular weight is 445 g/mol. The van der Waals surface area contributed by atoms with Crippen LogP contribution in [-0.2, 0) is 11.3 Å². The Kier molecular flexibility index (Phi) is 6.47. The molecule has 0 unspecified atom stereocenters. The van der Waals surface area contributed by atoms with Gasteiger partial charge in [0.25, 0.3) is 5.91 Å². The molecule has 0 saturated carbocycles. The Morgan fingerprint density at radius 3 is 2.48 bits per heavy atom. The van der Waals surface area contributed by atoms with Gasteiger partial charge < -0.3 is 11.1 Å². The molecule has 1 saturated heterocycles. The van der Waals surface area contributed by atoms with E-state index in [1.165, 1.54) is 0 Å². The van der Waals surface area contributed by atoms with Crippen molar-refractivity contribution in [3.05, 3.63) is 65.7 Å². The molecule has 6 heteroatoms. The zero-order valence-corrected chi connectivity index (χ0v) is 19.6. The SMILES string of the molecule is CC(C)(C)NC(=O)C1CCN(Cc2cccc(-c3nc4ccccc4cc3C(N)=O)c2)CC1. The van der Waals surface area contributed by atoms with Gasteiger partial charge in [0.2, 0.25) is 5.91 Å². The minimum absolute atomic E-state index is 0.0757. The van der Waals surface area contributed by atoms with Crippen molar-refractivity contribution < 1.29 is 9.59 Å². The highest BCUT2D eigenvalue weighted by molar-refractivity contribution is 6.02. The Morgan fingerprint density at radius 2 is 1.79 bits per heavy atom. The van der Waals surface area contributed by atoms with Gasteiger partial charge >= 0.3 is 0 Å². The number of hydrogen-bond acceptors (Lipinski definition) is 4. The molecule has 2 amide bonds. The second kappa shape index (κ2) is 9.32. The summed E-state index contributed by atoms with van der Waals surface area (Å²) in [6, 6.07) is 17.7. The lowest BCUT2D eigenvalue weighted by Gasteiger charge is -2.33. The highest BCUT2D eigenvalue weighted by atomic mass is 16.2. The molecule has 3 aromatic rings. The van der Waals surface area contributed by atoms with Crippen LogP contribution in [0.4, 0.5) is 0 Å².